The molecule has 0 spiro atoms. The first-order chi connectivity index (χ1) is 8.57. The Morgan fingerprint density at radius 1 is 1.28 bits per heavy atom. The summed E-state index contributed by atoms with van der Waals surface area (Å²) in [5, 5.41) is 0. The zero-order valence-corrected chi connectivity index (χ0v) is 11.5. The normalized spacial score (nSPS) is 18.9. The molecule has 1 heterocycles. The van der Waals surface area contributed by atoms with Crippen LogP contribution in [-0.2, 0) is 10.3 Å². The Kier molecular flexibility index (Phi) is 3.93. The fourth-order valence-corrected chi connectivity index (χ4v) is 2.52. The van der Waals surface area contributed by atoms with E-state index in [4.69, 9.17) is 15.2 Å². The molecule has 0 saturated carbocycles. The number of hydrogen-bond donors (Lipinski definition) is 1. The smallest absolute Gasteiger partial charge is 0.122 e. The van der Waals surface area contributed by atoms with E-state index in [-0.39, 0.29) is 5.54 Å². The lowest BCUT2D eigenvalue weighted by Gasteiger charge is -2.34. The number of ether oxygens (including phenoxy) is 2. The van der Waals surface area contributed by atoms with Crippen LogP contribution in [0.2, 0.25) is 0 Å². The van der Waals surface area contributed by atoms with Gasteiger partial charge in [0.15, 0.2) is 0 Å². The van der Waals surface area contributed by atoms with Crippen molar-refractivity contribution in [3.63, 3.8) is 0 Å². The second-order valence-electron chi connectivity index (χ2n) is 5.38. The Bertz CT molecular complexity index is 409. The second-order valence-corrected chi connectivity index (χ2v) is 5.38. The van der Waals surface area contributed by atoms with Crippen LogP contribution < -0.4 is 10.5 Å². The van der Waals surface area contributed by atoms with Gasteiger partial charge in [0, 0.05) is 18.8 Å². The molecule has 1 fully saturated rings. The minimum atomic E-state index is -0.242. The Balaban J connectivity index is 2.36. The first-order valence-electron chi connectivity index (χ1n) is 6.62. The second kappa shape index (κ2) is 5.29. The van der Waals surface area contributed by atoms with Crippen LogP contribution in [-0.4, -0.2) is 20.3 Å². The summed E-state index contributed by atoms with van der Waals surface area (Å²) in [6.45, 7) is 5.85. The molecule has 2 N–H and O–H groups in total. The van der Waals surface area contributed by atoms with Crippen LogP contribution in [0.5, 0.6) is 5.75 Å². The van der Waals surface area contributed by atoms with Gasteiger partial charge in [0.2, 0.25) is 0 Å². The van der Waals surface area contributed by atoms with E-state index >= 15 is 0 Å². The number of rotatable bonds is 3. The van der Waals surface area contributed by atoms with Gasteiger partial charge in [0.25, 0.3) is 0 Å². The quantitative estimate of drug-likeness (QED) is 0.896. The zero-order chi connectivity index (χ0) is 13.2. The molecule has 0 amide bonds. The van der Waals surface area contributed by atoms with Crippen molar-refractivity contribution in [1.29, 1.82) is 0 Å². The molecule has 1 aliphatic rings. The maximum absolute atomic E-state index is 6.52. The lowest BCUT2D eigenvalue weighted by atomic mass is 9.82. The molecule has 0 aromatic heterocycles. The zero-order valence-electron chi connectivity index (χ0n) is 11.5. The lowest BCUT2D eigenvalue weighted by molar-refractivity contribution is 0.0522. The van der Waals surface area contributed by atoms with Crippen LogP contribution >= 0.6 is 0 Å². The first kappa shape index (κ1) is 13.4. The number of benzene rings is 1. The molecule has 0 atom stereocenters. The summed E-state index contributed by atoms with van der Waals surface area (Å²) in [7, 11) is 1.72. The molecule has 0 bridgehead atoms. The van der Waals surface area contributed by atoms with Crippen LogP contribution in [0, 0.1) is 0 Å². The molecule has 0 radical (unpaired) electrons. The monoisotopic (exact) mass is 249 g/mol. The summed E-state index contributed by atoms with van der Waals surface area (Å²) in [6, 6.07) is 6.33. The highest BCUT2D eigenvalue weighted by Gasteiger charge is 2.30. The number of nitrogens with two attached hydrogens (primary N) is 1. The van der Waals surface area contributed by atoms with Crippen molar-refractivity contribution in [2.24, 2.45) is 5.73 Å². The SMILES string of the molecule is COc1ccc(C2(N)CCOCC2)cc1C(C)C. The van der Waals surface area contributed by atoms with Crippen molar-refractivity contribution >= 4 is 0 Å². The third-order valence-corrected chi connectivity index (χ3v) is 3.81. The fraction of sp³-hybridized carbons (Fsp3) is 0.600. The van der Waals surface area contributed by atoms with E-state index in [0.717, 1.165) is 31.8 Å². The maximum atomic E-state index is 6.52. The molecule has 18 heavy (non-hydrogen) atoms. The van der Waals surface area contributed by atoms with Crippen LogP contribution in [0.3, 0.4) is 0 Å². The third-order valence-electron chi connectivity index (χ3n) is 3.81. The Morgan fingerprint density at radius 3 is 2.50 bits per heavy atom. The van der Waals surface area contributed by atoms with Crippen molar-refractivity contribution in [3.8, 4) is 5.75 Å². The van der Waals surface area contributed by atoms with Gasteiger partial charge in [0.05, 0.1) is 7.11 Å². The van der Waals surface area contributed by atoms with Gasteiger partial charge in [-0.3, -0.25) is 0 Å². The van der Waals surface area contributed by atoms with E-state index in [0.29, 0.717) is 5.92 Å². The molecule has 100 valence electrons. The summed E-state index contributed by atoms with van der Waals surface area (Å²) in [5.41, 5.74) is 8.71. The van der Waals surface area contributed by atoms with Gasteiger partial charge < -0.3 is 15.2 Å². The molecule has 1 aromatic rings. The van der Waals surface area contributed by atoms with Gasteiger partial charge in [-0.25, -0.2) is 0 Å². The molecule has 3 heteroatoms. The first-order valence-corrected chi connectivity index (χ1v) is 6.62. The third kappa shape index (κ3) is 2.52. The number of methoxy groups -OCH3 is 1. The van der Waals surface area contributed by atoms with E-state index in [9.17, 15) is 0 Å². The molecule has 1 aliphatic heterocycles. The Morgan fingerprint density at radius 2 is 1.94 bits per heavy atom. The van der Waals surface area contributed by atoms with E-state index in [1.54, 1.807) is 7.11 Å². The van der Waals surface area contributed by atoms with Crippen LogP contribution in [0.1, 0.15) is 43.7 Å². The van der Waals surface area contributed by atoms with Crippen LogP contribution in [0.4, 0.5) is 0 Å². The average Bonchev–Trinajstić information content (AvgIpc) is 2.38. The molecule has 1 aromatic carbocycles. The predicted octanol–water partition coefficient (Wildman–Crippen LogP) is 2.78. The standard InChI is InChI=1S/C15H23NO2/c1-11(2)13-10-12(4-5-14(13)17-3)15(16)6-8-18-9-7-15/h4-5,10-11H,6-9,16H2,1-3H3. The molecule has 0 aliphatic carbocycles. The molecular formula is C15H23NO2. The molecular weight excluding hydrogens is 226 g/mol. The average molecular weight is 249 g/mol. The van der Waals surface area contributed by atoms with E-state index < -0.39 is 0 Å². The van der Waals surface area contributed by atoms with Crippen molar-refractivity contribution < 1.29 is 9.47 Å². The Labute approximate surface area is 109 Å². The fourth-order valence-electron chi connectivity index (χ4n) is 2.52. The molecule has 1 saturated heterocycles. The predicted molar refractivity (Wildman–Crippen MR) is 73.0 cm³/mol. The Hall–Kier alpha value is -1.06. The number of hydrogen-bond acceptors (Lipinski definition) is 3. The van der Waals surface area contributed by atoms with Crippen LogP contribution in [0.15, 0.2) is 18.2 Å². The van der Waals surface area contributed by atoms with Crippen molar-refractivity contribution in [2.75, 3.05) is 20.3 Å². The molecule has 2 rings (SSSR count). The highest BCUT2D eigenvalue weighted by atomic mass is 16.5. The molecule has 0 unspecified atom stereocenters. The van der Waals surface area contributed by atoms with Gasteiger partial charge in [-0.05, 0) is 36.0 Å². The summed E-state index contributed by atoms with van der Waals surface area (Å²) < 4.78 is 10.8. The van der Waals surface area contributed by atoms with Crippen LogP contribution in [0.25, 0.3) is 0 Å². The largest absolute Gasteiger partial charge is 0.496 e. The van der Waals surface area contributed by atoms with Crippen molar-refractivity contribution in [1.82, 2.24) is 0 Å². The van der Waals surface area contributed by atoms with Gasteiger partial charge >= 0.3 is 0 Å². The van der Waals surface area contributed by atoms with Gasteiger partial charge in [-0.1, -0.05) is 26.0 Å². The molecule has 3 nitrogen and oxygen atoms in total. The summed E-state index contributed by atoms with van der Waals surface area (Å²) in [5.74, 6) is 1.38. The summed E-state index contributed by atoms with van der Waals surface area (Å²) in [6.07, 6.45) is 1.77. The highest BCUT2D eigenvalue weighted by Crippen LogP contribution is 2.34. The van der Waals surface area contributed by atoms with Gasteiger partial charge in [-0.2, -0.15) is 0 Å². The maximum Gasteiger partial charge on any atom is 0.122 e. The highest BCUT2D eigenvalue weighted by molar-refractivity contribution is 5.41. The van der Waals surface area contributed by atoms with Gasteiger partial charge in [0.1, 0.15) is 5.75 Å². The van der Waals surface area contributed by atoms with Crippen molar-refractivity contribution in [3.05, 3.63) is 29.3 Å². The minimum Gasteiger partial charge on any atom is -0.496 e. The van der Waals surface area contributed by atoms with E-state index in [2.05, 4.69) is 26.0 Å². The topological polar surface area (TPSA) is 44.5 Å². The summed E-state index contributed by atoms with van der Waals surface area (Å²) in [4.78, 5) is 0. The van der Waals surface area contributed by atoms with Gasteiger partial charge in [-0.15, -0.1) is 0 Å². The van der Waals surface area contributed by atoms with E-state index in [1.807, 2.05) is 6.07 Å². The summed E-state index contributed by atoms with van der Waals surface area (Å²) >= 11 is 0. The van der Waals surface area contributed by atoms with E-state index in [1.165, 1.54) is 11.1 Å². The minimum absolute atomic E-state index is 0.242. The van der Waals surface area contributed by atoms with Crippen molar-refractivity contribution in [2.45, 2.75) is 38.1 Å². The lowest BCUT2D eigenvalue weighted by Crippen LogP contribution is -2.42.